The van der Waals surface area contributed by atoms with Gasteiger partial charge in [0.1, 0.15) is 11.5 Å². The molecule has 0 aliphatic heterocycles. The number of fused-ring (bicyclic) bond motifs is 2. The first-order chi connectivity index (χ1) is 23.4. The normalized spacial score (nSPS) is 11.5. The van der Waals surface area contributed by atoms with Gasteiger partial charge in [-0.25, -0.2) is 0 Å². The second kappa shape index (κ2) is 15.7. The number of allylic oxidation sites excluding steroid dienone is 2. The van der Waals surface area contributed by atoms with Gasteiger partial charge in [-0.2, -0.15) is 0 Å². The number of ether oxygens (including phenoxy) is 6. The maximum atomic E-state index is 6.43. The van der Waals surface area contributed by atoms with Crippen LogP contribution in [0.5, 0.6) is 34.5 Å². The van der Waals surface area contributed by atoms with Crippen LogP contribution < -0.4 is 28.4 Å². The quantitative estimate of drug-likeness (QED) is 0.0884. The lowest BCUT2D eigenvalue weighted by Crippen LogP contribution is -2.05. The van der Waals surface area contributed by atoms with Crippen LogP contribution >= 0.6 is 0 Å². The molecule has 48 heavy (non-hydrogen) atoms. The summed E-state index contributed by atoms with van der Waals surface area (Å²) in [5.41, 5.74) is 5.60. The maximum absolute atomic E-state index is 6.43. The lowest BCUT2D eigenvalue weighted by molar-refractivity contribution is 0.285. The third-order valence-electron chi connectivity index (χ3n) is 8.16. The van der Waals surface area contributed by atoms with Crippen molar-refractivity contribution < 1.29 is 28.4 Å². The van der Waals surface area contributed by atoms with Crippen LogP contribution in [0.25, 0.3) is 43.8 Å². The average molecular weight is 647 g/mol. The molecule has 0 fully saturated rings. The van der Waals surface area contributed by atoms with E-state index in [1.807, 2.05) is 67.5 Å². The maximum Gasteiger partial charge on any atom is 0.169 e. The first-order valence-electron chi connectivity index (χ1n) is 16.8. The Morgan fingerprint density at radius 2 is 0.792 bits per heavy atom. The van der Waals surface area contributed by atoms with Gasteiger partial charge in [-0.15, -0.1) is 0 Å². The summed E-state index contributed by atoms with van der Waals surface area (Å²) in [7, 11) is 0. The van der Waals surface area contributed by atoms with Gasteiger partial charge in [0.2, 0.25) is 0 Å². The zero-order valence-electron chi connectivity index (χ0n) is 29.4. The van der Waals surface area contributed by atoms with Gasteiger partial charge < -0.3 is 28.4 Å². The van der Waals surface area contributed by atoms with Crippen LogP contribution in [0, 0.1) is 13.8 Å². The van der Waals surface area contributed by atoms with Crippen molar-refractivity contribution >= 4 is 21.5 Å². The summed E-state index contributed by atoms with van der Waals surface area (Å²) >= 11 is 0. The number of benzene rings is 5. The fourth-order valence-electron chi connectivity index (χ4n) is 6.24. The smallest absolute Gasteiger partial charge is 0.169 e. The summed E-state index contributed by atoms with van der Waals surface area (Å²) in [5, 5.41) is 4.19. The van der Waals surface area contributed by atoms with Crippen molar-refractivity contribution in [3.05, 3.63) is 96.5 Å². The SMILES string of the molecule is CC=COc1cc(-c2c3ccccc3c(-c3cc(OC=CC)c(C)c(OCC)c3OCC)c3ccccc23)c(OCC)c(OCC)c1C. The second-order valence-electron chi connectivity index (χ2n) is 11.2. The number of rotatable bonds is 14. The predicted octanol–water partition coefficient (Wildman–Crippen LogP) is 11.4. The molecular formula is C42H46O6. The molecule has 0 aliphatic rings. The van der Waals surface area contributed by atoms with Crippen LogP contribution in [0.1, 0.15) is 52.7 Å². The van der Waals surface area contributed by atoms with Crippen LogP contribution in [-0.2, 0) is 0 Å². The molecule has 6 nitrogen and oxygen atoms in total. The molecule has 0 heterocycles. The fourth-order valence-corrected chi connectivity index (χ4v) is 6.24. The van der Waals surface area contributed by atoms with Crippen molar-refractivity contribution in [3.63, 3.8) is 0 Å². The van der Waals surface area contributed by atoms with Gasteiger partial charge in [0.05, 0.1) is 39.0 Å². The molecule has 5 aromatic rings. The zero-order valence-corrected chi connectivity index (χ0v) is 29.4. The molecule has 0 amide bonds. The first kappa shape index (κ1) is 34.2. The van der Waals surface area contributed by atoms with E-state index in [-0.39, 0.29) is 0 Å². The van der Waals surface area contributed by atoms with Crippen molar-refractivity contribution in [3.8, 4) is 56.8 Å². The molecule has 0 aromatic heterocycles. The largest absolute Gasteiger partial charge is 0.490 e. The van der Waals surface area contributed by atoms with Crippen LogP contribution in [0.2, 0.25) is 0 Å². The Labute approximate surface area is 284 Å². The molecule has 0 atom stereocenters. The van der Waals surface area contributed by atoms with E-state index in [4.69, 9.17) is 28.4 Å². The Balaban J connectivity index is 1.99. The molecule has 0 spiro atoms. The van der Waals surface area contributed by atoms with E-state index >= 15 is 0 Å². The number of hydrogen-bond donors (Lipinski definition) is 0. The van der Waals surface area contributed by atoms with E-state index < -0.39 is 0 Å². The lowest BCUT2D eigenvalue weighted by Gasteiger charge is -2.24. The van der Waals surface area contributed by atoms with Gasteiger partial charge in [-0.1, -0.05) is 60.7 Å². The highest BCUT2D eigenvalue weighted by molar-refractivity contribution is 6.22. The lowest BCUT2D eigenvalue weighted by atomic mass is 9.84. The highest BCUT2D eigenvalue weighted by Gasteiger charge is 2.27. The van der Waals surface area contributed by atoms with Crippen LogP contribution in [0.3, 0.4) is 0 Å². The topological polar surface area (TPSA) is 55.4 Å². The molecule has 0 radical (unpaired) electrons. The monoisotopic (exact) mass is 646 g/mol. The Bertz CT molecular complexity index is 1770. The molecule has 0 saturated heterocycles. The Morgan fingerprint density at radius 1 is 0.479 bits per heavy atom. The van der Waals surface area contributed by atoms with E-state index in [1.165, 1.54) is 0 Å². The molecule has 6 heteroatoms. The van der Waals surface area contributed by atoms with Crippen molar-refractivity contribution in [1.29, 1.82) is 0 Å². The van der Waals surface area contributed by atoms with E-state index in [0.717, 1.165) is 54.9 Å². The van der Waals surface area contributed by atoms with Crippen LogP contribution in [0.4, 0.5) is 0 Å². The molecule has 0 N–H and O–H groups in total. The Hall–Kier alpha value is -5.10. The van der Waals surface area contributed by atoms with E-state index in [9.17, 15) is 0 Å². The standard InChI is InChI=1S/C42H46O6/c1-9-23-47-35-25-33(41(45-13-5)39(27(35)7)43-11-3)37-29-19-15-17-21-31(29)38(32-22-18-16-20-30(32)37)34-26-36(48-24-10-2)28(8)40(44-12-4)42(34)46-14-6/h9-10,15-26H,11-14H2,1-8H3. The summed E-state index contributed by atoms with van der Waals surface area (Å²) < 4.78 is 37.7. The third kappa shape index (κ3) is 6.40. The van der Waals surface area contributed by atoms with E-state index in [0.29, 0.717) is 60.9 Å². The van der Waals surface area contributed by atoms with Crippen LogP contribution in [0.15, 0.2) is 85.3 Å². The molecule has 5 aromatic carbocycles. The van der Waals surface area contributed by atoms with Crippen molar-refractivity contribution in [2.75, 3.05) is 26.4 Å². The van der Waals surface area contributed by atoms with E-state index in [1.54, 1.807) is 12.5 Å². The summed E-state index contributed by atoms with van der Waals surface area (Å²) in [6, 6.07) is 21.1. The summed E-state index contributed by atoms with van der Waals surface area (Å²) in [5.74, 6) is 4.15. The Kier molecular flexibility index (Phi) is 11.2. The first-order valence-corrected chi connectivity index (χ1v) is 16.8. The highest BCUT2D eigenvalue weighted by Crippen LogP contribution is 2.54. The minimum Gasteiger partial charge on any atom is -0.490 e. The second-order valence-corrected chi connectivity index (χ2v) is 11.2. The summed E-state index contributed by atoms with van der Waals surface area (Å²) in [4.78, 5) is 0. The van der Waals surface area contributed by atoms with Gasteiger partial charge in [-0.3, -0.25) is 0 Å². The summed E-state index contributed by atoms with van der Waals surface area (Å²) in [6.07, 6.45) is 7.13. The molecule has 0 saturated carbocycles. The molecular weight excluding hydrogens is 600 g/mol. The van der Waals surface area contributed by atoms with Gasteiger partial charge in [0.15, 0.2) is 23.0 Å². The molecule has 0 bridgehead atoms. The van der Waals surface area contributed by atoms with Crippen molar-refractivity contribution in [2.24, 2.45) is 0 Å². The molecule has 250 valence electrons. The van der Waals surface area contributed by atoms with Gasteiger partial charge in [0, 0.05) is 33.4 Å². The predicted molar refractivity (Wildman–Crippen MR) is 197 cm³/mol. The van der Waals surface area contributed by atoms with Crippen LogP contribution in [-0.4, -0.2) is 26.4 Å². The van der Waals surface area contributed by atoms with Crippen molar-refractivity contribution in [1.82, 2.24) is 0 Å². The Morgan fingerprint density at radius 3 is 1.08 bits per heavy atom. The zero-order chi connectivity index (χ0) is 34.2. The molecule has 5 rings (SSSR count). The average Bonchev–Trinajstić information content (AvgIpc) is 3.10. The van der Waals surface area contributed by atoms with Gasteiger partial charge in [-0.05, 0) is 89.1 Å². The summed E-state index contributed by atoms with van der Waals surface area (Å²) in [6.45, 7) is 17.8. The van der Waals surface area contributed by atoms with E-state index in [2.05, 4.69) is 60.7 Å². The number of hydrogen-bond acceptors (Lipinski definition) is 6. The molecule has 0 aliphatic carbocycles. The molecule has 0 unspecified atom stereocenters. The highest BCUT2D eigenvalue weighted by atomic mass is 16.5. The van der Waals surface area contributed by atoms with Gasteiger partial charge >= 0.3 is 0 Å². The minimum absolute atomic E-state index is 0.478. The third-order valence-corrected chi connectivity index (χ3v) is 8.16. The minimum atomic E-state index is 0.478. The van der Waals surface area contributed by atoms with Gasteiger partial charge in [0.25, 0.3) is 0 Å². The van der Waals surface area contributed by atoms with Crippen molar-refractivity contribution in [2.45, 2.75) is 55.4 Å². The fraction of sp³-hybridized carbons (Fsp3) is 0.286.